The number of nitrogens with zero attached hydrogens (tertiary/aromatic N) is 2. The van der Waals surface area contributed by atoms with E-state index in [2.05, 4.69) is 53.2 Å². The third-order valence-electron chi connectivity index (χ3n) is 19.3. The summed E-state index contributed by atoms with van der Waals surface area (Å²) in [7, 11) is 0. The van der Waals surface area contributed by atoms with E-state index in [0.29, 0.717) is 35.1 Å². The Morgan fingerprint density at radius 1 is 0.349 bits per heavy atom. The van der Waals surface area contributed by atoms with E-state index in [-0.39, 0.29) is 127 Å². The van der Waals surface area contributed by atoms with E-state index in [1.54, 1.807) is 113 Å². The van der Waals surface area contributed by atoms with Gasteiger partial charge in [-0.25, -0.2) is 0 Å². The zero-order valence-corrected chi connectivity index (χ0v) is 62.2. The third kappa shape index (κ3) is 24.6. The molecule has 12 amide bonds. The van der Waals surface area contributed by atoms with Crippen LogP contribution in [0, 0.1) is 23.7 Å². The summed E-state index contributed by atoms with van der Waals surface area (Å²) in [6, 6.07) is 13.5. The molecule has 4 aromatic rings. The summed E-state index contributed by atoms with van der Waals surface area (Å²) in [5, 5.41) is 48.9. The molecule has 3 aliphatic rings. The number of rotatable bonds is 20. The molecule has 0 saturated carbocycles. The van der Waals surface area contributed by atoms with Crippen molar-refractivity contribution in [3.63, 3.8) is 0 Å². The van der Waals surface area contributed by atoms with E-state index < -0.39 is 155 Å². The lowest BCUT2D eigenvalue weighted by molar-refractivity contribution is -0.143. The van der Waals surface area contributed by atoms with Gasteiger partial charge in [-0.2, -0.15) is 0 Å². The Hall–Kier alpha value is -9.96. The van der Waals surface area contributed by atoms with Gasteiger partial charge in [0.2, 0.25) is 70.9 Å². The number of phenols is 2. The second-order valence-corrected chi connectivity index (χ2v) is 29.6. The van der Waals surface area contributed by atoms with Gasteiger partial charge in [-0.15, -0.1) is 0 Å². The summed E-state index contributed by atoms with van der Waals surface area (Å²) in [6.45, 7) is 14.4. The van der Waals surface area contributed by atoms with Crippen molar-refractivity contribution in [1.29, 1.82) is 0 Å². The number of carbonyl (C=O) groups excluding carboxylic acids is 12. The fourth-order valence-electron chi connectivity index (χ4n) is 13.6. The van der Waals surface area contributed by atoms with Crippen LogP contribution in [0.25, 0.3) is 0 Å². The van der Waals surface area contributed by atoms with Crippen molar-refractivity contribution in [2.24, 2.45) is 35.1 Å². The minimum Gasteiger partial charge on any atom is -0.508 e. The summed E-state index contributed by atoms with van der Waals surface area (Å²) >= 11 is 0. The third-order valence-corrected chi connectivity index (χ3v) is 19.3. The topological polar surface area (TPSA) is 424 Å². The smallest absolute Gasteiger partial charge is 0.245 e. The van der Waals surface area contributed by atoms with Crippen LogP contribution in [0.4, 0.5) is 0 Å². The Morgan fingerprint density at radius 3 is 0.915 bits per heavy atom. The molecule has 28 heteroatoms. The Kier molecular flexibility index (Phi) is 31.8. The van der Waals surface area contributed by atoms with Gasteiger partial charge in [0.1, 0.15) is 84.0 Å². The highest BCUT2D eigenvalue weighted by atomic mass is 16.3. The molecule has 0 radical (unpaired) electrons. The first-order chi connectivity index (χ1) is 50.5. The molecule has 106 heavy (non-hydrogen) atoms. The van der Waals surface area contributed by atoms with E-state index in [4.69, 9.17) is 11.5 Å². The Balaban J connectivity index is 1.30. The van der Waals surface area contributed by atoms with Crippen LogP contribution in [-0.2, 0) is 83.2 Å². The molecule has 0 bridgehead atoms. The summed E-state index contributed by atoms with van der Waals surface area (Å²) in [5.74, 6) is -10.9. The Bertz CT molecular complexity index is 3400. The fraction of sp³-hybridized carbons (Fsp3) is 0.538. The van der Waals surface area contributed by atoms with Gasteiger partial charge >= 0.3 is 0 Å². The first kappa shape index (κ1) is 83.3. The average molecular weight is 1470 g/mol. The maximum Gasteiger partial charge on any atom is 0.245 e. The minimum absolute atomic E-state index is 0.0174. The molecule has 7 rings (SSSR count). The molecule has 16 N–H and O–H groups in total. The van der Waals surface area contributed by atoms with Crippen LogP contribution in [-0.4, -0.2) is 190 Å². The first-order valence-corrected chi connectivity index (χ1v) is 37.2. The van der Waals surface area contributed by atoms with Crippen LogP contribution in [0.1, 0.15) is 142 Å². The molecule has 28 nitrogen and oxygen atoms in total. The van der Waals surface area contributed by atoms with E-state index in [1.807, 2.05) is 27.7 Å². The highest BCUT2D eigenvalue weighted by Crippen LogP contribution is 2.25. The van der Waals surface area contributed by atoms with Gasteiger partial charge in [0, 0.05) is 38.8 Å². The van der Waals surface area contributed by atoms with Gasteiger partial charge in [0.05, 0.1) is 0 Å². The summed E-state index contributed by atoms with van der Waals surface area (Å²) in [6.07, 6.45) is 1.13. The monoisotopic (exact) mass is 1470 g/mol. The number of hydrogen-bond donors (Lipinski definition) is 14. The SMILES string of the molecule is CC(C)C[C@@H]1NC(=O)[C@@H]2CCCN2C(=O)[C@H](CCCN)NC(=O)[C@H](C(C)C)NC(=O)[C@@H](Cc2ccc(O)cc2)NC(=O)[C@@H](Cc2ccccc2)NC(=O)[C@H](CC(C)C)NC(=O)[C@@H]2CCCN2C(=O)[C@H](CCCN)NC(=O)[C@H](C(C)C)NC(=O)[C@@H](Cc2ccc(O)cc2)NC(=O)[C@@H](Cc2ccccc2)NC1=O. The number of carbonyl (C=O) groups is 12. The normalized spacial score (nSPS) is 25.2. The second-order valence-electron chi connectivity index (χ2n) is 29.6. The van der Waals surface area contributed by atoms with Crippen molar-refractivity contribution in [1.82, 2.24) is 63.0 Å². The predicted octanol–water partition coefficient (Wildman–Crippen LogP) is 2.09. The molecule has 3 fully saturated rings. The van der Waals surface area contributed by atoms with Crippen molar-refractivity contribution in [2.75, 3.05) is 26.2 Å². The predicted molar refractivity (Wildman–Crippen MR) is 398 cm³/mol. The van der Waals surface area contributed by atoms with E-state index in [9.17, 15) is 48.6 Å². The molecule has 12 atom stereocenters. The molecular weight excluding hydrogens is 1360 g/mol. The lowest BCUT2D eigenvalue weighted by Crippen LogP contribution is -2.62. The molecule has 0 spiro atoms. The zero-order chi connectivity index (χ0) is 77.3. The standard InChI is InChI=1S/C78H110N14O14/c1-45(2)39-57-67(95)83-59(41-49-19-11-9-12-20-49)69(97)85-61(43-51-27-31-53(93)32-28-51)71(99)89-66(48(7)8)76(104)82-56(24-16-36-80)78(106)92-38-18-26-64(92)74(102)88-58(40-46(3)4)68(96)84-60(42-50-21-13-10-14-22-50)70(98)86-62(44-52-29-33-54(94)34-30-52)72(100)90-65(47(5)6)75(103)81-55(23-15-35-79)77(105)91-37-17-25-63(91)73(101)87-57/h9-14,19-22,27-34,45-48,55-66,93-94H,15-18,23-26,35-44,79-80H2,1-8H3,(H,81,103)(H,82,104)(H,83,95)(H,84,96)(H,85,97)(H,86,98)(H,87,101)(H,88,102)(H,89,99)(H,90,100)/t55-,56-,57-,58-,59+,60+,61+,62+,63-,64-,65-,66-/m0/s1. The fourth-order valence-corrected chi connectivity index (χ4v) is 13.6. The van der Waals surface area contributed by atoms with Crippen molar-refractivity contribution >= 4 is 70.9 Å². The highest BCUT2D eigenvalue weighted by Gasteiger charge is 2.44. The molecule has 0 aliphatic carbocycles. The van der Waals surface area contributed by atoms with E-state index in [0.717, 1.165) is 0 Å². The van der Waals surface area contributed by atoms with Gasteiger partial charge in [0.15, 0.2) is 0 Å². The van der Waals surface area contributed by atoms with Crippen LogP contribution in [0.3, 0.4) is 0 Å². The van der Waals surface area contributed by atoms with Crippen molar-refractivity contribution in [3.8, 4) is 11.5 Å². The van der Waals surface area contributed by atoms with Gasteiger partial charge < -0.3 is 84.6 Å². The summed E-state index contributed by atoms with van der Waals surface area (Å²) in [4.78, 5) is 182. The molecule has 0 aromatic heterocycles. The van der Waals surface area contributed by atoms with Gasteiger partial charge in [-0.1, -0.05) is 140 Å². The number of phenolic OH excluding ortho intramolecular Hbond substituents is 2. The lowest BCUT2D eigenvalue weighted by atomic mass is 9.98. The molecule has 0 unspecified atom stereocenters. The number of fused-ring (bicyclic) bond motifs is 2. The molecule has 576 valence electrons. The quantitative estimate of drug-likeness (QED) is 0.0602. The van der Waals surface area contributed by atoms with Crippen LogP contribution in [0.15, 0.2) is 109 Å². The maximum absolute atomic E-state index is 15.1. The number of amides is 12. The van der Waals surface area contributed by atoms with Crippen LogP contribution in [0.2, 0.25) is 0 Å². The lowest BCUT2D eigenvalue weighted by Gasteiger charge is -2.32. The number of nitrogens with one attached hydrogen (secondary N) is 10. The van der Waals surface area contributed by atoms with E-state index >= 15 is 19.2 Å². The Labute approximate surface area is 621 Å². The van der Waals surface area contributed by atoms with Crippen molar-refractivity contribution in [2.45, 2.75) is 218 Å². The molecule has 3 aliphatic heterocycles. The minimum atomic E-state index is -1.45. The molecule has 4 aromatic carbocycles. The van der Waals surface area contributed by atoms with Crippen LogP contribution >= 0.6 is 0 Å². The van der Waals surface area contributed by atoms with Gasteiger partial charge in [-0.3, -0.25) is 57.5 Å². The van der Waals surface area contributed by atoms with Crippen LogP contribution in [0.5, 0.6) is 11.5 Å². The number of aromatic hydroxyl groups is 2. The zero-order valence-electron chi connectivity index (χ0n) is 62.2. The average Bonchev–Trinajstić information content (AvgIpc) is 1.82. The van der Waals surface area contributed by atoms with Crippen molar-refractivity contribution in [3.05, 3.63) is 131 Å². The number of nitrogens with two attached hydrogens (primary N) is 2. The number of hydrogen-bond acceptors (Lipinski definition) is 16. The molecular formula is C78H110N14O14. The summed E-state index contributed by atoms with van der Waals surface area (Å²) in [5.41, 5.74) is 14.2. The largest absolute Gasteiger partial charge is 0.508 e. The summed E-state index contributed by atoms with van der Waals surface area (Å²) < 4.78 is 0. The molecule has 3 saturated heterocycles. The highest BCUT2D eigenvalue weighted by molar-refractivity contribution is 6.01. The van der Waals surface area contributed by atoms with Crippen LogP contribution < -0.4 is 64.6 Å². The maximum atomic E-state index is 15.1. The Morgan fingerprint density at radius 2 is 0.623 bits per heavy atom. The first-order valence-electron chi connectivity index (χ1n) is 37.2. The van der Waals surface area contributed by atoms with Crippen molar-refractivity contribution < 1.29 is 67.7 Å². The van der Waals surface area contributed by atoms with Gasteiger partial charge in [0.25, 0.3) is 0 Å². The number of benzene rings is 4. The molecule has 3 heterocycles. The van der Waals surface area contributed by atoms with Gasteiger partial charge in [-0.05, 0) is 147 Å². The second kappa shape index (κ2) is 40.5. The van der Waals surface area contributed by atoms with E-state index in [1.165, 1.54) is 34.1 Å².